The van der Waals surface area contributed by atoms with E-state index < -0.39 is 0 Å². The zero-order chi connectivity index (χ0) is 22.3. The molecule has 7 heteroatoms. The van der Waals surface area contributed by atoms with Crippen molar-refractivity contribution in [3.8, 4) is 0 Å². The van der Waals surface area contributed by atoms with E-state index in [4.69, 9.17) is 0 Å². The third-order valence-corrected chi connectivity index (χ3v) is 6.99. The Balaban J connectivity index is 1.32. The molecule has 1 fully saturated rings. The predicted octanol–water partition coefficient (Wildman–Crippen LogP) is 4.55. The number of fused-ring (bicyclic) bond motifs is 1. The Morgan fingerprint density at radius 2 is 2.16 bits per heavy atom. The van der Waals surface area contributed by atoms with Crippen LogP contribution in [0.1, 0.15) is 55.1 Å². The Morgan fingerprint density at radius 3 is 2.97 bits per heavy atom. The normalized spacial score (nSPS) is 20.0. The summed E-state index contributed by atoms with van der Waals surface area (Å²) in [4.78, 5) is 32.7. The van der Waals surface area contributed by atoms with Gasteiger partial charge in [0, 0.05) is 24.0 Å². The van der Waals surface area contributed by atoms with Gasteiger partial charge in [-0.1, -0.05) is 43.7 Å². The highest BCUT2D eigenvalue weighted by Crippen LogP contribution is 2.36. The monoisotopic (exact) mass is 450 g/mol. The maximum absolute atomic E-state index is 12.6. The maximum atomic E-state index is 12.6. The molecule has 168 valence electrons. The molecule has 0 radical (unpaired) electrons. The number of hydrogen-bond donors (Lipinski definition) is 2. The lowest BCUT2D eigenvalue weighted by molar-refractivity contribution is -0.107. The molecule has 1 saturated heterocycles. The fourth-order valence-electron chi connectivity index (χ4n) is 4.29. The lowest BCUT2D eigenvalue weighted by Gasteiger charge is -2.35. The largest absolute Gasteiger partial charge is 0.351 e. The maximum Gasteiger partial charge on any atom is 0.269 e. The number of anilines is 1. The van der Waals surface area contributed by atoms with Crippen LogP contribution in [0.15, 0.2) is 53.2 Å². The molecular formula is C25H30N4O2S. The number of amides is 1. The third-order valence-electron chi connectivity index (χ3n) is 6.03. The summed E-state index contributed by atoms with van der Waals surface area (Å²) in [6.07, 6.45) is 9.46. The second kappa shape index (κ2) is 10.8. The van der Waals surface area contributed by atoms with Crippen molar-refractivity contribution in [3.63, 3.8) is 0 Å². The lowest BCUT2D eigenvalue weighted by Crippen LogP contribution is -2.40. The van der Waals surface area contributed by atoms with Crippen LogP contribution < -0.4 is 10.6 Å². The van der Waals surface area contributed by atoms with Crippen molar-refractivity contribution in [2.45, 2.75) is 50.0 Å². The summed E-state index contributed by atoms with van der Waals surface area (Å²) in [6, 6.07) is 12.1. The Kier molecular flexibility index (Phi) is 7.60. The Morgan fingerprint density at radius 1 is 1.31 bits per heavy atom. The molecule has 2 N–H and O–H groups in total. The van der Waals surface area contributed by atoms with Gasteiger partial charge in [-0.15, -0.1) is 0 Å². The molecule has 1 atom stereocenters. The number of pyridine rings is 1. The molecule has 2 aliphatic rings. The van der Waals surface area contributed by atoms with Crippen molar-refractivity contribution >= 4 is 34.5 Å². The molecule has 1 aromatic carbocycles. The van der Waals surface area contributed by atoms with E-state index in [0.717, 1.165) is 47.4 Å². The van der Waals surface area contributed by atoms with E-state index in [2.05, 4.69) is 27.4 Å². The highest BCUT2D eigenvalue weighted by Gasteiger charge is 2.23. The summed E-state index contributed by atoms with van der Waals surface area (Å²) in [5.74, 6) is -0.197. The quantitative estimate of drug-likeness (QED) is 0.476. The summed E-state index contributed by atoms with van der Waals surface area (Å²) in [6.45, 7) is 5.06. The SMILES string of the molecule is CCC1CCCCN1CCCNC(=O)c1cc2c(cn1)N/C(=C\c1ccccc1)C(=O)S2. The third kappa shape index (κ3) is 5.58. The Labute approximate surface area is 193 Å². The highest BCUT2D eigenvalue weighted by molar-refractivity contribution is 8.14. The molecule has 1 amide bonds. The minimum Gasteiger partial charge on any atom is -0.351 e. The number of nitrogens with zero attached hydrogens (tertiary/aromatic N) is 2. The van der Waals surface area contributed by atoms with E-state index in [-0.39, 0.29) is 11.0 Å². The van der Waals surface area contributed by atoms with E-state index in [1.165, 1.54) is 25.7 Å². The van der Waals surface area contributed by atoms with Crippen LogP contribution in [0.4, 0.5) is 5.69 Å². The van der Waals surface area contributed by atoms with Gasteiger partial charge in [0.25, 0.3) is 5.91 Å². The minimum atomic E-state index is -0.197. The van der Waals surface area contributed by atoms with Gasteiger partial charge in [0.05, 0.1) is 17.6 Å². The van der Waals surface area contributed by atoms with E-state index in [1.807, 2.05) is 36.4 Å². The number of rotatable bonds is 7. The molecule has 4 rings (SSSR count). The van der Waals surface area contributed by atoms with E-state index in [9.17, 15) is 9.59 Å². The van der Waals surface area contributed by atoms with Crippen molar-refractivity contribution in [1.82, 2.24) is 15.2 Å². The van der Waals surface area contributed by atoms with Gasteiger partial charge in [0.2, 0.25) is 5.12 Å². The fourth-order valence-corrected chi connectivity index (χ4v) is 5.10. The zero-order valence-corrected chi connectivity index (χ0v) is 19.3. The highest BCUT2D eigenvalue weighted by atomic mass is 32.2. The topological polar surface area (TPSA) is 74.3 Å². The summed E-state index contributed by atoms with van der Waals surface area (Å²) in [5.41, 5.74) is 2.54. The van der Waals surface area contributed by atoms with Gasteiger partial charge in [0.15, 0.2) is 0 Å². The number of aromatic nitrogens is 1. The van der Waals surface area contributed by atoms with Crippen LogP contribution in [0.3, 0.4) is 0 Å². The second-order valence-corrected chi connectivity index (χ2v) is 9.27. The van der Waals surface area contributed by atoms with Crippen molar-refractivity contribution in [2.75, 3.05) is 25.0 Å². The first-order chi connectivity index (χ1) is 15.6. The summed E-state index contributed by atoms with van der Waals surface area (Å²) < 4.78 is 0. The second-order valence-electron chi connectivity index (χ2n) is 8.25. The van der Waals surface area contributed by atoms with Crippen LogP contribution in [-0.2, 0) is 4.79 Å². The van der Waals surface area contributed by atoms with Gasteiger partial charge in [-0.2, -0.15) is 0 Å². The summed E-state index contributed by atoms with van der Waals surface area (Å²) in [7, 11) is 0. The molecule has 1 aromatic heterocycles. The number of carbonyl (C=O) groups is 2. The molecule has 6 nitrogen and oxygen atoms in total. The van der Waals surface area contributed by atoms with Crippen molar-refractivity contribution in [2.24, 2.45) is 0 Å². The molecule has 1 unspecified atom stereocenters. The Hall–Kier alpha value is -2.64. The van der Waals surface area contributed by atoms with E-state index in [0.29, 0.717) is 24.0 Å². The molecule has 0 aliphatic carbocycles. The number of piperidine rings is 1. The van der Waals surface area contributed by atoms with Gasteiger partial charge < -0.3 is 15.5 Å². The molecule has 0 spiro atoms. The first-order valence-corrected chi connectivity index (χ1v) is 12.2. The minimum absolute atomic E-state index is 0.0779. The molecular weight excluding hydrogens is 420 g/mol. The lowest BCUT2D eigenvalue weighted by atomic mass is 10.00. The smallest absolute Gasteiger partial charge is 0.269 e. The molecule has 2 aliphatic heterocycles. The van der Waals surface area contributed by atoms with Gasteiger partial charge >= 0.3 is 0 Å². The van der Waals surface area contributed by atoms with Gasteiger partial charge in [-0.3, -0.25) is 9.59 Å². The van der Waals surface area contributed by atoms with E-state index >= 15 is 0 Å². The van der Waals surface area contributed by atoms with Crippen LogP contribution >= 0.6 is 11.8 Å². The van der Waals surface area contributed by atoms with Crippen LogP contribution in [-0.4, -0.2) is 46.6 Å². The van der Waals surface area contributed by atoms with Crippen molar-refractivity contribution in [1.29, 1.82) is 0 Å². The standard InChI is InChI=1S/C25H30N4O2S/c1-2-19-11-6-7-13-29(19)14-8-12-26-24(30)20-16-23-22(17-27-20)28-21(25(31)32-23)15-18-9-4-3-5-10-18/h3-5,9-10,15-17,19,28H,2,6-8,11-14H2,1H3,(H,26,30)/b21-15-. The summed E-state index contributed by atoms with van der Waals surface area (Å²) >= 11 is 1.12. The first kappa shape index (κ1) is 22.6. The average Bonchev–Trinajstić information content (AvgIpc) is 2.82. The van der Waals surface area contributed by atoms with Crippen LogP contribution in [0, 0.1) is 0 Å². The number of hydrogen-bond acceptors (Lipinski definition) is 6. The zero-order valence-electron chi connectivity index (χ0n) is 18.5. The number of carbonyl (C=O) groups excluding carboxylic acids is 2. The van der Waals surface area contributed by atoms with Gasteiger partial charge in [0.1, 0.15) is 5.69 Å². The molecule has 0 saturated carbocycles. The molecule has 3 heterocycles. The molecule has 32 heavy (non-hydrogen) atoms. The fraction of sp³-hybridized carbons (Fsp3) is 0.400. The van der Waals surface area contributed by atoms with Crippen LogP contribution in [0.25, 0.3) is 6.08 Å². The van der Waals surface area contributed by atoms with Crippen molar-refractivity contribution in [3.05, 3.63) is 59.5 Å². The van der Waals surface area contributed by atoms with Crippen molar-refractivity contribution < 1.29 is 9.59 Å². The van der Waals surface area contributed by atoms with Crippen LogP contribution in [0.2, 0.25) is 0 Å². The molecule has 0 bridgehead atoms. The Bertz CT molecular complexity index is 993. The van der Waals surface area contributed by atoms with Gasteiger partial charge in [-0.25, -0.2) is 4.98 Å². The van der Waals surface area contributed by atoms with Crippen LogP contribution in [0.5, 0.6) is 0 Å². The predicted molar refractivity (Wildman–Crippen MR) is 130 cm³/mol. The number of thioether (sulfide) groups is 1. The average molecular weight is 451 g/mol. The number of nitrogens with one attached hydrogen (secondary N) is 2. The number of likely N-dealkylation sites (tertiary alicyclic amines) is 1. The van der Waals surface area contributed by atoms with E-state index in [1.54, 1.807) is 12.3 Å². The first-order valence-electron chi connectivity index (χ1n) is 11.4. The summed E-state index contributed by atoms with van der Waals surface area (Å²) in [5, 5.41) is 6.05. The molecule has 2 aromatic rings. The number of benzene rings is 1. The van der Waals surface area contributed by atoms with Gasteiger partial charge in [-0.05, 0) is 61.7 Å².